The van der Waals surface area contributed by atoms with Crippen molar-refractivity contribution in [1.29, 1.82) is 0 Å². The Morgan fingerprint density at radius 3 is 2.62 bits per heavy atom. The fourth-order valence-corrected chi connectivity index (χ4v) is 0.839. The summed E-state index contributed by atoms with van der Waals surface area (Å²) in [4.78, 5) is 1.15. The summed E-state index contributed by atoms with van der Waals surface area (Å²) < 4.78 is 35.1. The number of rotatable bonds is 3. The zero-order valence-electron chi connectivity index (χ0n) is 6.75. The molecule has 0 radical (unpaired) electrons. The van der Waals surface area contributed by atoms with Crippen LogP contribution in [-0.4, -0.2) is 21.2 Å². The maximum absolute atomic E-state index is 11.7. The third-order valence-corrected chi connectivity index (χ3v) is 1.37. The van der Waals surface area contributed by atoms with Crippen LogP contribution in [0.25, 0.3) is 0 Å². The van der Waals surface area contributed by atoms with Crippen molar-refractivity contribution in [3.05, 3.63) is 6.20 Å². The van der Waals surface area contributed by atoms with E-state index in [2.05, 4.69) is 10.2 Å². The maximum Gasteiger partial charge on any atom is 0.389 e. The van der Waals surface area contributed by atoms with Gasteiger partial charge in [-0.2, -0.15) is 23.1 Å². The third kappa shape index (κ3) is 3.77. The summed E-state index contributed by atoms with van der Waals surface area (Å²) in [6, 6.07) is 0. The molecular weight excluding hydrogens is 185 g/mol. The second-order valence-electron chi connectivity index (χ2n) is 2.58. The first kappa shape index (κ1) is 9.82. The van der Waals surface area contributed by atoms with E-state index in [1.807, 2.05) is 0 Å². The topological polar surface area (TPSA) is 56.7 Å². The lowest BCUT2D eigenvalue weighted by molar-refractivity contribution is -0.136. The second-order valence-corrected chi connectivity index (χ2v) is 2.58. The van der Waals surface area contributed by atoms with Gasteiger partial charge in [-0.25, -0.2) is 0 Å². The van der Waals surface area contributed by atoms with Crippen molar-refractivity contribution in [3.8, 4) is 0 Å². The third-order valence-electron chi connectivity index (χ3n) is 1.37. The van der Waals surface area contributed by atoms with Gasteiger partial charge < -0.3 is 5.73 Å². The Bertz CT molecular complexity index is 267. The molecule has 0 aliphatic heterocycles. The van der Waals surface area contributed by atoms with Crippen molar-refractivity contribution in [3.63, 3.8) is 0 Å². The highest BCUT2D eigenvalue weighted by Crippen LogP contribution is 2.21. The molecule has 0 saturated heterocycles. The minimum absolute atomic E-state index is 0.0301. The summed E-state index contributed by atoms with van der Waals surface area (Å²) in [5.74, 6) is 0.215. The molecule has 0 bridgehead atoms. The predicted molar refractivity (Wildman–Crippen MR) is 39.7 cm³/mol. The average Bonchev–Trinajstić information content (AvgIpc) is 2.33. The molecule has 0 aromatic carbocycles. The number of nitrogens with two attached hydrogens (primary N) is 1. The average molecular weight is 194 g/mol. The molecule has 13 heavy (non-hydrogen) atoms. The van der Waals surface area contributed by atoms with Crippen molar-refractivity contribution < 1.29 is 13.2 Å². The Labute approximate surface area is 72.5 Å². The van der Waals surface area contributed by atoms with E-state index in [1.165, 1.54) is 6.20 Å². The minimum atomic E-state index is -4.11. The summed E-state index contributed by atoms with van der Waals surface area (Å²) in [6.45, 7) is 0.136. The first-order valence-corrected chi connectivity index (χ1v) is 3.70. The van der Waals surface area contributed by atoms with Crippen LogP contribution in [0.1, 0.15) is 12.8 Å². The molecule has 0 spiro atoms. The van der Waals surface area contributed by atoms with Crippen LogP contribution in [-0.2, 0) is 6.54 Å². The Balaban J connectivity index is 2.28. The molecule has 2 N–H and O–H groups in total. The summed E-state index contributed by atoms with van der Waals surface area (Å²) >= 11 is 0. The van der Waals surface area contributed by atoms with Gasteiger partial charge in [-0.3, -0.25) is 0 Å². The lowest BCUT2D eigenvalue weighted by atomic mass is 10.3. The molecule has 1 heterocycles. The van der Waals surface area contributed by atoms with Crippen LogP contribution in [0.4, 0.5) is 19.0 Å². The van der Waals surface area contributed by atoms with E-state index in [0.717, 1.165) is 4.80 Å². The van der Waals surface area contributed by atoms with Crippen LogP contribution in [0.15, 0.2) is 6.20 Å². The Morgan fingerprint density at radius 1 is 1.46 bits per heavy atom. The quantitative estimate of drug-likeness (QED) is 0.786. The SMILES string of the molecule is Nc1cnn(CCCC(F)(F)F)n1. The van der Waals surface area contributed by atoms with Gasteiger partial charge in [0, 0.05) is 6.42 Å². The molecule has 0 unspecified atom stereocenters. The van der Waals surface area contributed by atoms with Gasteiger partial charge in [-0.15, -0.1) is 5.10 Å². The number of aromatic nitrogens is 3. The van der Waals surface area contributed by atoms with E-state index in [4.69, 9.17) is 5.73 Å². The monoisotopic (exact) mass is 194 g/mol. The van der Waals surface area contributed by atoms with Crippen LogP contribution in [0.2, 0.25) is 0 Å². The van der Waals surface area contributed by atoms with Gasteiger partial charge in [-0.1, -0.05) is 0 Å². The van der Waals surface area contributed by atoms with Gasteiger partial charge in [0.2, 0.25) is 0 Å². The maximum atomic E-state index is 11.7. The summed E-state index contributed by atoms with van der Waals surface area (Å²) in [6.07, 6.45) is -3.67. The molecule has 0 aliphatic carbocycles. The largest absolute Gasteiger partial charge is 0.389 e. The van der Waals surface area contributed by atoms with E-state index in [0.29, 0.717) is 0 Å². The Kier molecular flexibility index (Phi) is 2.74. The van der Waals surface area contributed by atoms with Gasteiger partial charge in [0.15, 0.2) is 5.82 Å². The Hall–Kier alpha value is -1.27. The van der Waals surface area contributed by atoms with Crippen molar-refractivity contribution in [1.82, 2.24) is 15.0 Å². The van der Waals surface area contributed by atoms with E-state index in [1.54, 1.807) is 0 Å². The second kappa shape index (κ2) is 3.63. The lowest BCUT2D eigenvalue weighted by Gasteiger charge is -2.04. The minimum Gasteiger partial charge on any atom is -0.381 e. The van der Waals surface area contributed by atoms with Crippen molar-refractivity contribution in [2.45, 2.75) is 25.6 Å². The predicted octanol–water partition coefficient (Wildman–Crippen LogP) is 1.20. The highest BCUT2D eigenvalue weighted by molar-refractivity contribution is 5.19. The van der Waals surface area contributed by atoms with Gasteiger partial charge in [0.25, 0.3) is 0 Å². The van der Waals surface area contributed by atoms with Crippen LogP contribution < -0.4 is 5.73 Å². The first-order valence-electron chi connectivity index (χ1n) is 3.70. The number of anilines is 1. The molecule has 74 valence electrons. The van der Waals surface area contributed by atoms with Crippen LogP contribution in [0.3, 0.4) is 0 Å². The highest BCUT2D eigenvalue weighted by atomic mass is 19.4. The van der Waals surface area contributed by atoms with E-state index in [-0.39, 0.29) is 18.8 Å². The fraction of sp³-hybridized carbons (Fsp3) is 0.667. The number of aryl methyl sites for hydroxylation is 1. The van der Waals surface area contributed by atoms with Crippen molar-refractivity contribution in [2.24, 2.45) is 0 Å². The molecule has 1 aromatic rings. The van der Waals surface area contributed by atoms with Crippen LogP contribution >= 0.6 is 0 Å². The molecule has 1 aromatic heterocycles. The lowest BCUT2D eigenvalue weighted by Crippen LogP contribution is -2.10. The smallest absolute Gasteiger partial charge is 0.381 e. The molecule has 1 rings (SSSR count). The normalized spacial score (nSPS) is 11.9. The summed E-state index contributed by atoms with van der Waals surface area (Å²) in [5, 5.41) is 7.29. The molecule has 0 aliphatic rings. The van der Waals surface area contributed by atoms with E-state index >= 15 is 0 Å². The number of alkyl halides is 3. The molecule has 7 heteroatoms. The molecule has 4 nitrogen and oxygen atoms in total. The number of hydrogen-bond donors (Lipinski definition) is 1. The summed E-state index contributed by atoms with van der Waals surface area (Å²) in [5.41, 5.74) is 5.22. The number of halogens is 3. The zero-order chi connectivity index (χ0) is 9.90. The Morgan fingerprint density at radius 2 is 2.15 bits per heavy atom. The van der Waals surface area contributed by atoms with Gasteiger partial charge >= 0.3 is 6.18 Å². The van der Waals surface area contributed by atoms with Crippen molar-refractivity contribution >= 4 is 5.82 Å². The molecule has 0 amide bonds. The fourth-order valence-electron chi connectivity index (χ4n) is 0.839. The van der Waals surface area contributed by atoms with Gasteiger partial charge in [0.1, 0.15) is 0 Å². The number of hydrogen-bond acceptors (Lipinski definition) is 3. The highest BCUT2D eigenvalue weighted by Gasteiger charge is 2.26. The molecule has 0 atom stereocenters. The molecule has 0 saturated carbocycles. The number of nitrogen functional groups attached to an aromatic ring is 1. The van der Waals surface area contributed by atoms with Gasteiger partial charge in [0.05, 0.1) is 12.7 Å². The molecule has 0 fully saturated rings. The standard InChI is InChI=1S/C6H9F3N4/c7-6(8,9)2-1-3-13-11-4-5(10)12-13/h4H,1-3H2,(H2,10,12). The number of nitrogens with zero attached hydrogens (tertiary/aromatic N) is 3. The first-order chi connectivity index (χ1) is 5.97. The van der Waals surface area contributed by atoms with E-state index in [9.17, 15) is 13.2 Å². The zero-order valence-corrected chi connectivity index (χ0v) is 6.75. The molecular formula is C6H9F3N4. The van der Waals surface area contributed by atoms with Gasteiger partial charge in [-0.05, 0) is 6.42 Å². The van der Waals surface area contributed by atoms with Crippen LogP contribution in [0, 0.1) is 0 Å². The summed E-state index contributed by atoms with van der Waals surface area (Å²) in [7, 11) is 0. The van der Waals surface area contributed by atoms with E-state index < -0.39 is 12.6 Å². The van der Waals surface area contributed by atoms with Crippen molar-refractivity contribution in [2.75, 3.05) is 5.73 Å². The van der Waals surface area contributed by atoms with Crippen LogP contribution in [0.5, 0.6) is 0 Å².